The molecular weight excluding hydrogens is 206 g/mol. The van der Waals surface area contributed by atoms with Crippen LogP contribution < -0.4 is 0 Å². The van der Waals surface area contributed by atoms with Crippen LogP contribution in [0.4, 0.5) is 8.78 Å². The first-order chi connectivity index (χ1) is 4.61. The first-order valence-corrected chi connectivity index (χ1v) is 3.39. The molecule has 0 bridgehead atoms. The molecule has 0 saturated heterocycles. The van der Waals surface area contributed by atoms with Crippen LogP contribution in [0.2, 0.25) is 0 Å². The Morgan fingerprint density at radius 2 is 2.30 bits per heavy atom. The fraction of sp³-hybridized carbons (Fsp3) is 0.400. The van der Waals surface area contributed by atoms with Gasteiger partial charge in [-0.1, -0.05) is 0 Å². The fourth-order valence-corrected chi connectivity index (χ4v) is 1.12. The lowest BCUT2D eigenvalue weighted by Gasteiger charge is -1.99. The molecule has 1 aromatic rings. The Morgan fingerprint density at radius 3 is 2.50 bits per heavy atom. The van der Waals surface area contributed by atoms with Crippen LogP contribution in [-0.2, 0) is 0 Å². The van der Waals surface area contributed by atoms with Gasteiger partial charge in [0.1, 0.15) is 10.4 Å². The van der Waals surface area contributed by atoms with Crippen LogP contribution in [0, 0.1) is 6.92 Å². The summed E-state index contributed by atoms with van der Waals surface area (Å²) >= 11 is 2.99. The molecule has 0 aliphatic carbocycles. The molecule has 2 nitrogen and oxygen atoms in total. The minimum Gasteiger partial charge on any atom is -0.277 e. The molecule has 0 aliphatic rings. The lowest BCUT2D eigenvalue weighted by Crippen LogP contribution is -1.97. The molecule has 10 heavy (non-hydrogen) atoms. The van der Waals surface area contributed by atoms with Crippen molar-refractivity contribution in [3.8, 4) is 0 Å². The number of aryl methyl sites for hydroxylation is 1. The van der Waals surface area contributed by atoms with Gasteiger partial charge in [-0.2, -0.15) is 8.78 Å². The van der Waals surface area contributed by atoms with Crippen molar-refractivity contribution in [1.82, 2.24) is 9.55 Å². The van der Waals surface area contributed by atoms with Crippen molar-refractivity contribution in [1.29, 1.82) is 0 Å². The lowest BCUT2D eigenvalue weighted by atomic mass is 10.7. The van der Waals surface area contributed by atoms with Crippen LogP contribution in [0.25, 0.3) is 0 Å². The van der Waals surface area contributed by atoms with Gasteiger partial charge in [-0.25, -0.2) is 4.98 Å². The number of imidazole rings is 1. The fourth-order valence-electron chi connectivity index (χ4n) is 0.647. The molecule has 0 amide bonds. The molecule has 1 aromatic heterocycles. The van der Waals surface area contributed by atoms with E-state index in [1.807, 2.05) is 0 Å². The minimum absolute atomic E-state index is 0.307. The van der Waals surface area contributed by atoms with Crippen LogP contribution in [0.5, 0.6) is 0 Å². The summed E-state index contributed by atoms with van der Waals surface area (Å²) in [6.07, 6.45) is 1.25. The van der Waals surface area contributed by atoms with Gasteiger partial charge in [0.2, 0.25) is 0 Å². The van der Waals surface area contributed by atoms with Crippen molar-refractivity contribution in [2.75, 3.05) is 0 Å². The molecule has 1 rings (SSSR count). The third-order valence-corrected chi connectivity index (χ3v) is 1.48. The molecular formula is C5H5BrF2N2. The number of hydrogen-bond donors (Lipinski definition) is 0. The van der Waals surface area contributed by atoms with E-state index in [4.69, 9.17) is 0 Å². The summed E-state index contributed by atoms with van der Waals surface area (Å²) in [6, 6.07) is 0. The Hall–Kier alpha value is -0.450. The molecule has 0 atom stereocenters. The summed E-state index contributed by atoms with van der Waals surface area (Å²) in [6.45, 7) is -0.976. The number of nitrogens with zero attached hydrogens (tertiary/aromatic N) is 2. The second kappa shape index (κ2) is 2.65. The van der Waals surface area contributed by atoms with Crippen LogP contribution in [-0.4, -0.2) is 9.55 Å². The summed E-state index contributed by atoms with van der Waals surface area (Å²) < 4.78 is 25.1. The van der Waals surface area contributed by atoms with E-state index in [0.717, 1.165) is 4.57 Å². The van der Waals surface area contributed by atoms with Crippen molar-refractivity contribution in [3.05, 3.63) is 16.6 Å². The largest absolute Gasteiger partial charge is 0.319 e. The number of halogens is 3. The lowest BCUT2D eigenvalue weighted by molar-refractivity contribution is 0.0679. The number of aromatic nitrogens is 2. The molecule has 5 heteroatoms. The maximum Gasteiger partial charge on any atom is 0.319 e. The molecule has 0 radical (unpaired) electrons. The van der Waals surface area contributed by atoms with E-state index in [1.165, 1.54) is 13.1 Å². The van der Waals surface area contributed by atoms with Crippen LogP contribution in [0.1, 0.15) is 12.4 Å². The Balaban J connectivity index is 3.03. The summed E-state index contributed by atoms with van der Waals surface area (Å²) in [7, 11) is 0. The van der Waals surface area contributed by atoms with Gasteiger partial charge in [-0.3, -0.25) is 4.57 Å². The average molecular weight is 211 g/mol. The highest BCUT2D eigenvalue weighted by Gasteiger charge is 2.09. The predicted octanol–water partition coefficient (Wildman–Crippen LogP) is 2.35. The quantitative estimate of drug-likeness (QED) is 0.696. The van der Waals surface area contributed by atoms with Gasteiger partial charge >= 0.3 is 6.55 Å². The monoisotopic (exact) mass is 210 g/mol. The minimum atomic E-state index is -2.50. The highest BCUT2D eigenvalue weighted by molar-refractivity contribution is 9.10. The van der Waals surface area contributed by atoms with Crippen molar-refractivity contribution in [3.63, 3.8) is 0 Å². The molecule has 0 aliphatic heterocycles. The number of alkyl halides is 2. The Bertz CT molecular complexity index is 234. The molecule has 56 valence electrons. The normalized spacial score (nSPS) is 10.9. The van der Waals surface area contributed by atoms with E-state index in [0.29, 0.717) is 10.4 Å². The van der Waals surface area contributed by atoms with Gasteiger partial charge < -0.3 is 0 Å². The molecule has 0 spiro atoms. The van der Waals surface area contributed by atoms with Crippen molar-refractivity contribution >= 4 is 15.9 Å². The van der Waals surface area contributed by atoms with E-state index >= 15 is 0 Å². The third kappa shape index (κ3) is 1.34. The van der Waals surface area contributed by atoms with Crippen LogP contribution in [0.15, 0.2) is 10.8 Å². The van der Waals surface area contributed by atoms with Crippen molar-refractivity contribution < 1.29 is 8.78 Å². The predicted molar refractivity (Wildman–Crippen MR) is 35.9 cm³/mol. The highest BCUT2D eigenvalue weighted by atomic mass is 79.9. The Kier molecular flexibility index (Phi) is 2.03. The molecule has 0 fully saturated rings. The average Bonchev–Trinajstić information content (AvgIpc) is 2.10. The van der Waals surface area contributed by atoms with Crippen LogP contribution >= 0.6 is 15.9 Å². The SMILES string of the molecule is Cc1nc(Br)cn1C(F)F. The molecule has 0 saturated carbocycles. The number of rotatable bonds is 1. The standard InChI is InChI=1S/C5H5BrF2N2/c1-3-9-4(6)2-10(3)5(7)8/h2,5H,1H3. The molecule has 0 N–H and O–H groups in total. The zero-order chi connectivity index (χ0) is 7.72. The third-order valence-electron chi connectivity index (χ3n) is 1.10. The van der Waals surface area contributed by atoms with Gasteiger partial charge in [0.25, 0.3) is 0 Å². The first-order valence-electron chi connectivity index (χ1n) is 2.60. The van der Waals surface area contributed by atoms with E-state index in [9.17, 15) is 8.78 Å². The van der Waals surface area contributed by atoms with Crippen LogP contribution in [0.3, 0.4) is 0 Å². The van der Waals surface area contributed by atoms with E-state index < -0.39 is 6.55 Å². The second-order valence-corrected chi connectivity index (χ2v) is 2.61. The van der Waals surface area contributed by atoms with Gasteiger partial charge in [0.15, 0.2) is 0 Å². The van der Waals surface area contributed by atoms with E-state index in [1.54, 1.807) is 0 Å². The smallest absolute Gasteiger partial charge is 0.277 e. The van der Waals surface area contributed by atoms with Gasteiger partial charge in [-0.05, 0) is 22.9 Å². The Morgan fingerprint density at radius 1 is 1.70 bits per heavy atom. The summed E-state index contributed by atoms with van der Waals surface area (Å²) in [5.41, 5.74) is 0. The Labute approximate surface area is 65.0 Å². The first kappa shape index (κ1) is 7.65. The highest BCUT2D eigenvalue weighted by Crippen LogP contribution is 2.16. The maximum absolute atomic E-state index is 11.9. The zero-order valence-electron chi connectivity index (χ0n) is 5.18. The summed E-state index contributed by atoms with van der Waals surface area (Å²) in [5, 5.41) is 0. The summed E-state index contributed by atoms with van der Waals surface area (Å²) in [4.78, 5) is 3.73. The van der Waals surface area contributed by atoms with Gasteiger partial charge in [-0.15, -0.1) is 0 Å². The molecule has 0 unspecified atom stereocenters. The maximum atomic E-state index is 11.9. The van der Waals surface area contributed by atoms with Crippen molar-refractivity contribution in [2.24, 2.45) is 0 Å². The van der Waals surface area contributed by atoms with Gasteiger partial charge in [0, 0.05) is 6.20 Å². The summed E-state index contributed by atoms with van der Waals surface area (Å²) in [5.74, 6) is 0.307. The van der Waals surface area contributed by atoms with E-state index in [2.05, 4.69) is 20.9 Å². The van der Waals surface area contributed by atoms with Crippen molar-refractivity contribution in [2.45, 2.75) is 13.5 Å². The molecule has 1 heterocycles. The number of hydrogen-bond acceptors (Lipinski definition) is 1. The van der Waals surface area contributed by atoms with E-state index in [-0.39, 0.29) is 0 Å². The molecule has 0 aromatic carbocycles. The topological polar surface area (TPSA) is 17.8 Å². The van der Waals surface area contributed by atoms with Gasteiger partial charge in [0.05, 0.1) is 0 Å². The zero-order valence-corrected chi connectivity index (χ0v) is 6.77. The second-order valence-electron chi connectivity index (χ2n) is 1.80.